The van der Waals surface area contributed by atoms with Crippen molar-refractivity contribution in [3.05, 3.63) is 24.3 Å². The van der Waals surface area contributed by atoms with Gasteiger partial charge in [-0.25, -0.2) is 9.78 Å². The number of hydrogen-bond donors (Lipinski definition) is 2. The molecular weight excluding hydrogens is 240 g/mol. The number of ether oxygens (including phenoxy) is 1. The molecule has 0 unspecified atom stereocenters. The van der Waals surface area contributed by atoms with Crippen LogP contribution in [-0.4, -0.2) is 35.8 Å². The maximum atomic E-state index is 10.2. The van der Waals surface area contributed by atoms with Crippen LogP contribution < -0.4 is 5.32 Å². The summed E-state index contributed by atoms with van der Waals surface area (Å²) < 4.78 is 6.03. The quantitative estimate of drug-likeness (QED) is 0.767. The van der Waals surface area contributed by atoms with Crippen molar-refractivity contribution in [1.82, 2.24) is 4.98 Å². The molecule has 0 aliphatic carbocycles. The van der Waals surface area contributed by atoms with Crippen LogP contribution in [0.3, 0.4) is 0 Å². The molecule has 0 saturated carbocycles. The van der Waals surface area contributed by atoms with Crippen LogP contribution in [0.4, 0.5) is 5.13 Å². The largest absolute Gasteiger partial charge is 0.480 e. The van der Waals surface area contributed by atoms with Crippen LogP contribution in [0, 0.1) is 0 Å². The van der Waals surface area contributed by atoms with Crippen molar-refractivity contribution in [2.24, 2.45) is 0 Å². The zero-order valence-electron chi connectivity index (χ0n) is 9.05. The molecular formula is C11H12N2O3S. The summed E-state index contributed by atoms with van der Waals surface area (Å²) in [5.74, 6) is -0.954. The van der Waals surface area contributed by atoms with Crippen molar-refractivity contribution in [3.8, 4) is 0 Å². The first-order chi connectivity index (χ1) is 8.25. The minimum absolute atomic E-state index is 0.262. The third-order valence-electron chi connectivity index (χ3n) is 2.04. The smallest absolute Gasteiger partial charge is 0.329 e. The summed E-state index contributed by atoms with van der Waals surface area (Å²) in [4.78, 5) is 14.6. The Balaban J connectivity index is 1.81. The van der Waals surface area contributed by atoms with E-state index < -0.39 is 5.97 Å². The van der Waals surface area contributed by atoms with E-state index in [4.69, 9.17) is 9.84 Å². The second kappa shape index (κ2) is 5.60. The fourth-order valence-corrected chi connectivity index (χ4v) is 2.23. The van der Waals surface area contributed by atoms with Gasteiger partial charge in [0.05, 0.1) is 16.8 Å². The number of carboxylic acid groups (broad SMARTS) is 1. The number of carbonyl (C=O) groups is 1. The van der Waals surface area contributed by atoms with E-state index in [0.717, 1.165) is 15.3 Å². The Kier molecular flexibility index (Phi) is 3.89. The number of benzene rings is 1. The van der Waals surface area contributed by atoms with Crippen LogP contribution in [0.2, 0.25) is 0 Å². The summed E-state index contributed by atoms with van der Waals surface area (Å²) in [6.45, 7) is 0.636. The number of rotatable bonds is 6. The molecule has 1 aromatic heterocycles. The van der Waals surface area contributed by atoms with Gasteiger partial charge in [-0.2, -0.15) is 0 Å². The molecule has 0 radical (unpaired) electrons. The van der Waals surface area contributed by atoms with Gasteiger partial charge in [0.25, 0.3) is 0 Å². The van der Waals surface area contributed by atoms with Gasteiger partial charge in [-0.1, -0.05) is 23.5 Å². The van der Waals surface area contributed by atoms with Gasteiger partial charge in [-0.15, -0.1) is 0 Å². The van der Waals surface area contributed by atoms with Gasteiger partial charge in [-0.3, -0.25) is 0 Å². The molecule has 0 bridgehead atoms. The number of fused-ring (bicyclic) bond motifs is 1. The number of aromatic nitrogens is 1. The number of hydrogen-bond acceptors (Lipinski definition) is 5. The molecule has 2 rings (SSSR count). The van der Waals surface area contributed by atoms with E-state index in [1.807, 2.05) is 24.3 Å². The van der Waals surface area contributed by atoms with Crippen molar-refractivity contribution >= 4 is 32.7 Å². The summed E-state index contributed by atoms with van der Waals surface area (Å²) in [7, 11) is 0. The third-order valence-corrected chi connectivity index (χ3v) is 3.04. The number of nitrogens with zero attached hydrogens (tertiary/aromatic N) is 1. The molecule has 2 aromatic rings. The van der Waals surface area contributed by atoms with Crippen molar-refractivity contribution in [1.29, 1.82) is 0 Å². The molecule has 0 saturated heterocycles. The molecule has 0 amide bonds. The molecule has 0 spiro atoms. The predicted molar refractivity (Wildman–Crippen MR) is 66.6 cm³/mol. The minimum Gasteiger partial charge on any atom is -0.480 e. The first-order valence-electron chi connectivity index (χ1n) is 5.15. The summed E-state index contributed by atoms with van der Waals surface area (Å²) >= 11 is 1.57. The van der Waals surface area contributed by atoms with Crippen molar-refractivity contribution in [2.75, 3.05) is 25.1 Å². The highest BCUT2D eigenvalue weighted by Gasteiger charge is 2.02. The molecule has 17 heavy (non-hydrogen) atoms. The zero-order chi connectivity index (χ0) is 12.1. The standard InChI is InChI=1S/C11H12N2O3S/c14-10(15)7-16-6-5-12-11-13-8-3-1-2-4-9(8)17-11/h1-4H,5-7H2,(H,12,13)(H,14,15). The Morgan fingerprint density at radius 1 is 1.47 bits per heavy atom. The fourth-order valence-electron chi connectivity index (χ4n) is 1.34. The lowest BCUT2D eigenvalue weighted by atomic mass is 10.3. The van der Waals surface area contributed by atoms with Crippen molar-refractivity contribution in [3.63, 3.8) is 0 Å². The Morgan fingerprint density at radius 3 is 3.06 bits per heavy atom. The van der Waals surface area contributed by atoms with Crippen LogP contribution in [0.25, 0.3) is 10.2 Å². The van der Waals surface area contributed by atoms with Gasteiger partial charge in [0.2, 0.25) is 0 Å². The summed E-state index contributed by atoms with van der Waals surface area (Å²) in [6.07, 6.45) is 0. The predicted octanol–water partition coefficient (Wildman–Crippen LogP) is 1.81. The molecule has 0 atom stereocenters. The maximum absolute atomic E-state index is 10.2. The van der Waals surface area contributed by atoms with Crippen molar-refractivity contribution in [2.45, 2.75) is 0 Å². The number of nitrogens with one attached hydrogen (secondary N) is 1. The maximum Gasteiger partial charge on any atom is 0.329 e. The van der Waals surface area contributed by atoms with E-state index in [9.17, 15) is 4.79 Å². The van der Waals surface area contributed by atoms with Crippen LogP contribution in [0.5, 0.6) is 0 Å². The molecule has 1 aromatic carbocycles. The number of thiazole rings is 1. The average molecular weight is 252 g/mol. The lowest BCUT2D eigenvalue weighted by Gasteiger charge is -2.01. The van der Waals surface area contributed by atoms with Gasteiger partial charge < -0.3 is 15.2 Å². The molecule has 1 heterocycles. The second-order valence-corrected chi connectivity index (χ2v) is 4.39. The molecule has 0 fully saturated rings. The Hall–Kier alpha value is -1.66. The molecule has 6 heteroatoms. The van der Waals surface area contributed by atoms with Gasteiger partial charge in [0, 0.05) is 6.54 Å². The number of carboxylic acids is 1. The number of aliphatic carboxylic acids is 1. The number of para-hydroxylation sites is 1. The molecule has 90 valence electrons. The van der Waals surface area contributed by atoms with E-state index in [0.29, 0.717) is 13.2 Å². The Labute approximate surface area is 102 Å². The second-order valence-electron chi connectivity index (χ2n) is 3.36. The van der Waals surface area contributed by atoms with E-state index in [2.05, 4.69) is 10.3 Å². The van der Waals surface area contributed by atoms with Crippen LogP contribution >= 0.6 is 11.3 Å². The highest BCUT2D eigenvalue weighted by Crippen LogP contribution is 2.24. The normalized spacial score (nSPS) is 10.6. The van der Waals surface area contributed by atoms with Crippen LogP contribution in [0.1, 0.15) is 0 Å². The van der Waals surface area contributed by atoms with Gasteiger partial charge >= 0.3 is 5.97 Å². The first kappa shape index (κ1) is 11.8. The summed E-state index contributed by atoms with van der Waals surface area (Å²) in [6, 6.07) is 7.89. The van der Waals surface area contributed by atoms with Gasteiger partial charge in [0.15, 0.2) is 5.13 Å². The minimum atomic E-state index is -0.954. The van der Waals surface area contributed by atoms with Crippen LogP contribution in [-0.2, 0) is 9.53 Å². The molecule has 0 aliphatic rings. The first-order valence-corrected chi connectivity index (χ1v) is 5.96. The lowest BCUT2D eigenvalue weighted by Crippen LogP contribution is -2.13. The molecule has 2 N–H and O–H groups in total. The highest BCUT2D eigenvalue weighted by molar-refractivity contribution is 7.22. The Morgan fingerprint density at radius 2 is 2.29 bits per heavy atom. The van der Waals surface area contributed by atoms with Gasteiger partial charge in [0.1, 0.15) is 6.61 Å². The molecule has 0 aliphatic heterocycles. The van der Waals surface area contributed by atoms with Crippen LogP contribution in [0.15, 0.2) is 24.3 Å². The average Bonchev–Trinajstić information content (AvgIpc) is 2.70. The monoisotopic (exact) mass is 252 g/mol. The lowest BCUT2D eigenvalue weighted by molar-refractivity contribution is -0.142. The van der Waals surface area contributed by atoms with E-state index in [1.54, 1.807) is 11.3 Å². The molecule has 5 nitrogen and oxygen atoms in total. The van der Waals surface area contributed by atoms with Crippen molar-refractivity contribution < 1.29 is 14.6 Å². The van der Waals surface area contributed by atoms with Gasteiger partial charge in [-0.05, 0) is 12.1 Å². The number of anilines is 1. The highest BCUT2D eigenvalue weighted by atomic mass is 32.1. The summed E-state index contributed by atoms with van der Waals surface area (Å²) in [5, 5.41) is 12.3. The van der Waals surface area contributed by atoms with E-state index >= 15 is 0 Å². The third kappa shape index (κ3) is 3.40. The van der Waals surface area contributed by atoms with E-state index in [1.165, 1.54) is 0 Å². The Bertz CT molecular complexity index is 479. The fraction of sp³-hybridized carbons (Fsp3) is 0.273. The van der Waals surface area contributed by atoms with E-state index in [-0.39, 0.29) is 6.61 Å². The summed E-state index contributed by atoms with van der Waals surface area (Å²) in [5.41, 5.74) is 0.964. The SMILES string of the molecule is O=C(O)COCCNc1nc2ccccc2s1. The topological polar surface area (TPSA) is 71.5 Å². The zero-order valence-corrected chi connectivity index (χ0v) is 9.87.